The van der Waals surface area contributed by atoms with Crippen molar-refractivity contribution in [2.45, 2.75) is 12.8 Å². The van der Waals surface area contributed by atoms with Crippen molar-refractivity contribution in [2.24, 2.45) is 0 Å². The van der Waals surface area contributed by atoms with Gasteiger partial charge < -0.3 is 4.79 Å². The number of pyridine rings is 1. The topological polar surface area (TPSA) is 90.6 Å². The van der Waals surface area contributed by atoms with Gasteiger partial charge in [0.2, 0.25) is 0 Å². The van der Waals surface area contributed by atoms with Gasteiger partial charge in [-0.2, -0.15) is 0 Å². The molecule has 0 spiro atoms. The van der Waals surface area contributed by atoms with E-state index >= 15 is 0 Å². The van der Waals surface area contributed by atoms with Crippen LogP contribution in [0.25, 0.3) is 28.3 Å². The third-order valence-corrected chi connectivity index (χ3v) is 4.40. The van der Waals surface area contributed by atoms with Crippen LogP contribution in [0, 0.1) is 0 Å². The maximum absolute atomic E-state index is 13.1. The van der Waals surface area contributed by atoms with Crippen LogP contribution in [-0.4, -0.2) is 30.8 Å². The largest absolute Gasteiger partial charge is 0.303 e. The average Bonchev–Trinajstić information content (AvgIpc) is 2.79. The lowest BCUT2D eigenvalue weighted by atomic mass is 10.1. The minimum absolute atomic E-state index is 0.241. The van der Waals surface area contributed by atoms with Gasteiger partial charge in [0.25, 0.3) is 5.56 Å². The summed E-state index contributed by atoms with van der Waals surface area (Å²) in [5, 5.41) is 0. The fourth-order valence-electron chi connectivity index (χ4n) is 2.98. The first-order chi connectivity index (χ1) is 14.3. The molecule has 0 amide bonds. The second-order valence-electron chi connectivity index (χ2n) is 6.32. The highest BCUT2D eigenvalue weighted by atomic mass is 16.1. The van der Waals surface area contributed by atoms with Crippen LogP contribution in [0.3, 0.4) is 0 Å². The van der Waals surface area contributed by atoms with Gasteiger partial charge in [-0.3, -0.25) is 14.3 Å². The van der Waals surface area contributed by atoms with Gasteiger partial charge in [0.05, 0.1) is 5.69 Å². The number of carbonyl (C=O) groups is 1. The molecule has 4 rings (SSSR count). The fraction of sp³-hybridized carbons (Fsp3) is 0.0909. The number of rotatable bonds is 6. The number of benzene rings is 1. The van der Waals surface area contributed by atoms with Crippen LogP contribution in [0.1, 0.15) is 12.1 Å². The molecule has 7 heteroatoms. The summed E-state index contributed by atoms with van der Waals surface area (Å²) in [6, 6.07) is 12.7. The third-order valence-electron chi connectivity index (χ3n) is 4.40. The lowest BCUT2D eigenvalue weighted by Gasteiger charge is -2.11. The molecule has 0 radical (unpaired) electrons. The fourth-order valence-corrected chi connectivity index (χ4v) is 2.98. The van der Waals surface area contributed by atoms with Gasteiger partial charge in [0, 0.05) is 54.2 Å². The van der Waals surface area contributed by atoms with Crippen LogP contribution < -0.4 is 5.56 Å². The summed E-state index contributed by atoms with van der Waals surface area (Å²) in [5.74, 6) is 0.616. The zero-order valence-electron chi connectivity index (χ0n) is 15.5. The molecule has 3 heterocycles. The molecule has 1 aromatic carbocycles. The van der Waals surface area contributed by atoms with Gasteiger partial charge in [-0.25, -0.2) is 15.0 Å². The quantitative estimate of drug-likeness (QED) is 0.476. The molecule has 0 saturated heterocycles. The van der Waals surface area contributed by atoms with Gasteiger partial charge in [-0.1, -0.05) is 0 Å². The molecule has 0 unspecified atom stereocenters. The van der Waals surface area contributed by atoms with E-state index in [0.29, 0.717) is 41.3 Å². The number of aryl methyl sites for hydroxylation is 1. The Morgan fingerprint density at radius 1 is 0.897 bits per heavy atom. The van der Waals surface area contributed by atoms with Gasteiger partial charge in [-0.05, 0) is 48.9 Å². The average molecular weight is 383 g/mol. The van der Waals surface area contributed by atoms with Crippen molar-refractivity contribution < 1.29 is 4.79 Å². The third kappa shape index (κ3) is 3.98. The number of hydrogen-bond donors (Lipinski definition) is 0. The first-order valence-electron chi connectivity index (χ1n) is 9.10. The van der Waals surface area contributed by atoms with Crippen LogP contribution in [0.15, 0.2) is 78.2 Å². The van der Waals surface area contributed by atoms with E-state index in [0.717, 1.165) is 11.8 Å². The molecular weight excluding hydrogens is 366 g/mol. The van der Waals surface area contributed by atoms with Crippen molar-refractivity contribution >= 4 is 6.29 Å². The highest BCUT2D eigenvalue weighted by molar-refractivity contribution is 5.60. The molecule has 0 atom stereocenters. The van der Waals surface area contributed by atoms with E-state index in [1.165, 1.54) is 0 Å². The maximum Gasteiger partial charge on any atom is 0.281 e. The number of hydrogen-bond acceptors (Lipinski definition) is 6. The van der Waals surface area contributed by atoms with Crippen molar-refractivity contribution in [1.82, 2.24) is 24.5 Å². The minimum atomic E-state index is -0.241. The molecule has 0 fully saturated rings. The Balaban J connectivity index is 1.80. The Kier molecular flexibility index (Phi) is 5.29. The Hall–Kier alpha value is -4.00. The van der Waals surface area contributed by atoms with Crippen molar-refractivity contribution in [3.05, 3.63) is 89.5 Å². The molecule has 0 N–H and O–H groups in total. The molecule has 7 nitrogen and oxygen atoms in total. The predicted octanol–water partition coefficient (Wildman–Crippen LogP) is 2.88. The van der Waals surface area contributed by atoms with E-state index in [9.17, 15) is 9.59 Å². The van der Waals surface area contributed by atoms with Gasteiger partial charge in [0.1, 0.15) is 12.0 Å². The van der Waals surface area contributed by atoms with Crippen LogP contribution >= 0.6 is 0 Å². The Bertz CT molecular complexity index is 1170. The maximum atomic E-state index is 13.1. The smallest absolute Gasteiger partial charge is 0.281 e. The van der Waals surface area contributed by atoms with Crippen molar-refractivity contribution in [3.63, 3.8) is 0 Å². The van der Waals surface area contributed by atoms with Gasteiger partial charge >= 0.3 is 0 Å². The first kappa shape index (κ1) is 18.4. The monoisotopic (exact) mass is 383 g/mol. The zero-order valence-corrected chi connectivity index (χ0v) is 15.5. The molecule has 0 saturated carbocycles. The number of aromatic nitrogens is 5. The molecule has 3 aromatic heterocycles. The van der Waals surface area contributed by atoms with E-state index in [1.54, 1.807) is 53.8 Å². The number of aldehydes is 1. The summed E-state index contributed by atoms with van der Waals surface area (Å²) in [4.78, 5) is 40.9. The van der Waals surface area contributed by atoms with Crippen molar-refractivity contribution in [2.75, 3.05) is 0 Å². The standard InChI is InChI=1S/C22H17N5O2/c28-14-1-3-18-15-27(22(29)20(26-18)16-8-12-23-13-9-16)19-6-4-17(5-7-19)21-24-10-2-11-25-21/h2,4-15H,1,3H2. The predicted molar refractivity (Wildman–Crippen MR) is 108 cm³/mol. The lowest BCUT2D eigenvalue weighted by Crippen LogP contribution is -2.22. The van der Waals surface area contributed by atoms with E-state index in [-0.39, 0.29) is 5.56 Å². The molecule has 0 aliphatic heterocycles. The van der Waals surface area contributed by atoms with Crippen LogP contribution in [0.4, 0.5) is 0 Å². The normalized spacial score (nSPS) is 10.6. The van der Waals surface area contributed by atoms with Crippen LogP contribution in [-0.2, 0) is 11.2 Å². The van der Waals surface area contributed by atoms with Crippen LogP contribution in [0.2, 0.25) is 0 Å². The van der Waals surface area contributed by atoms with Gasteiger partial charge in [-0.15, -0.1) is 0 Å². The van der Waals surface area contributed by atoms with Crippen LogP contribution in [0.5, 0.6) is 0 Å². The van der Waals surface area contributed by atoms with E-state index in [1.807, 2.05) is 24.3 Å². The summed E-state index contributed by atoms with van der Waals surface area (Å²) in [5.41, 5.74) is 2.98. The summed E-state index contributed by atoms with van der Waals surface area (Å²) >= 11 is 0. The van der Waals surface area contributed by atoms with Gasteiger partial charge in [0.15, 0.2) is 5.82 Å². The number of nitrogens with zero attached hydrogens (tertiary/aromatic N) is 5. The van der Waals surface area contributed by atoms with E-state index in [4.69, 9.17) is 0 Å². The molecule has 0 aliphatic carbocycles. The number of carbonyl (C=O) groups excluding carboxylic acids is 1. The van der Waals surface area contributed by atoms with E-state index in [2.05, 4.69) is 19.9 Å². The summed E-state index contributed by atoms with van der Waals surface area (Å²) in [6.45, 7) is 0. The second kappa shape index (κ2) is 8.35. The molecule has 4 aromatic rings. The van der Waals surface area contributed by atoms with E-state index < -0.39 is 0 Å². The highest BCUT2D eigenvalue weighted by Gasteiger charge is 2.12. The summed E-state index contributed by atoms with van der Waals surface area (Å²) in [6.07, 6.45) is 9.93. The lowest BCUT2D eigenvalue weighted by molar-refractivity contribution is -0.107. The first-order valence-corrected chi connectivity index (χ1v) is 9.10. The Morgan fingerprint density at radius 2 is 1.62 bits per heavy atom. The zero-order chi connectivity index (χ0) is 20.1. The molecule has 0 bridgehead atoms. The SMILES string of the molecule is O=CCCc1cn(-c2ccc(-c3ncccn3)cc2)c(=O)c(-c2ccncc2)n1. The molecule has 142 valence electrons. The molecule has 29 heavy (non-hydrogen) atoms. The van der Waals surface area contributed by atoms with Crippen molar-refractivity contribution in [1.29, 1.82) is 0 Å². The second-order valence-corrected chi connectivity index (χ2v) is 6.32. The molecule has 0 aliphatic rings. The summed E-state index contributed by atoms with van der Waals surface area (Å²) < 4.78 is 1.55. The Morgan fingerprint density at radius 3 is 2.31 bits per heavy atom. The molecular formula is C22H17N5O2. The highest BCUT2D eigenvalue weighted by Crippen LogP contribution is 2.18. The summed E-state index contributed by atoms with van der Waals surface area (Å²) in [7, 11) is 0. The van der Waals surface area contributed by atoms with Crippen molar-refractivity contribution in [3.8, 4) is 28.3 Å². The Labute approximate surface area is 166 Å². The minimum Gasteiger partial charge on any atom is -0.303 e.